The number of nitrogens with zero attached hydrogens (tertiary/aromatic N) is 3. The van der Waals surface area contributed by atoms with Crippen LogP contribution in [0.4, 0.5) is 5.69 Å². The molecule has 0 saturated carbocycles. The molecular formula is C20H30IN5O2S. The molecule has 1 aromatic heterocycles. The van der Waals surface area contributed by atoms with Crippen molar-refractivity contribution in [1.29, 1.82) is 0 Å². The Balaban J connectivity index is 0.00000300. The molecule has 1 aromatic carbocycles. The smallest absolute Gasteiger partial charge is 0.191 e. The first-order chi connectivity index (χ1) is 13.6. The standard InChI is InChI=1S/C20H29N5O2S.HI/c1-14-22-12-19(28-14)13-23-20(21-2)24-15-5-7-25(8-6-15)16-9-17(26-3)11-18(10-16)27-4;/h9-12,15H,5-8,13H2,1-4H3,(H2,21,23,24);1H. The highest BCUT2D eigenvalue weighted by Gasteiger charge is 2.21. The number of anilines is 1. The number of aromatic nitrogens is 1. The number of hydrogen-bond donors (Lipinski definition) is 2. The molecule has 0 spiro atoms. The van der Waals surface area contributed by atoms with Crippen LogP contribution >= 0.6 is 35.3 Å². The summed E-state index contributed by atoms with van der Waals surface area (Å²) >= 11 is 1.71. The molecule has 1 aliphatic rings. The van der Waals surface area contributed by atoms with Gasteiger partial charge in [-0.3, -0.25) is 4.99 Å². The van der Waals surface area contributed by atoms with Crippen molar-refractivity contribution >= 4 is 47.0 Å². The average molecular weight is 531 g/mol. The molecular weight excluding hydrogens is 501 g/mol. The molecule has 0 bridgehead atoms. The summed E-state index contributed by atoms with van der Waals surface area (Å²) in [6.45, 7) is 4.71. The Morgan fingerprint density at radius 1 is 1.21 bits per heavy atom. The lowest BCUT2D eigenvalue weighted by atomic mass is 10.0. The molecule has 2 heterocycles. The summed E-state index contributed by atoms with van der Waals surface area (Å²) in [5, 5.41) is 8.01. The third-order valence-electron chi connectivity index (χ3n) is 4.86. The van der Waals surface area contributed by atoms with E-state index in [-0.39, 0.29) is 24.0 Å². The fraction of sp³-hybridized carbons (Fsp3) is 0.500. The number of guanidine groups is 1. The zero-order chi connectivity index (χ0) is 19.9. The maximum atomic E-state index is 5.39. The van der Waals surface area contributed by atoms with Crippen molar-refractivity contribution in [3.63, 3.8) is 0 Å². The normalized spacial score (nSPS) is 14.9. The highest BCUT2D eigenvalue weighted by atomic mass is 127. The first-order valence-electron chi connectivity index (χ1n) is 9.47. The molecule has 2 aromatic rings. The van der Waals surface area contributed by atoms with Gasteiger partial charge in [0, 0.05) is 61.1 Å². The van der Waals surface area contributed by atoms with Crippen LogP contribution in [0.2, 0.25) is 0 Å². The van der Waals surface area contributed by atoms with Crippen molar-refractivity contribution in [3.05, 3.63) is 34.3 Å². The predicted octanol–water partition coefficient (Wildman–Crippen LogP) is 3.42. The van der Waals surface area contributed by atoms with Crippen LogP contribution in [0, 0.1) is 6.92 Å². The van der Waals surface area contributed by atoms with Gasteiger partial charge in [0.05, 0.1) is 25.8 Å². The SMILES string of the molecule is CN=C(NCc1cnc(C)s1)NC1CCN(c2cc(OC)cc(OC)c2)CC1.I. The molecule has 3 rings (SSSR count). The lowest BCUT2D eigenvalue weighted by Gasteiger charge is -2.34. The molecule has 0 atom stereocenters. The molecule has 0 aliphatic carbocycles. The van der Waals surface area contributed by atoms with Crippen LogP contribution in [-0.4, -0.2) is 51.3 Å². The molecule has 2 N–H and O–H groups in total. The average Bonchev–Trinajstić information content (AvgIpc) is 3.16. The zero-order valence-electron chi connectivity index (χ0n) is 17.4. The van der Waals surface area contributed by atoms with Gasteiger partial charge in [0.1, 0.15) is 11.5 Å². The highest BCUT2D eigenvalue weighted by molar-refractivity contribution is 14.0. The Bertz CT molecular complexity index is 784. The number of thiazole rings is 1. The molecule has 0 radical (unpaired) electrons. The Hall–Kier alpha value is -1.75. The number of methoxy groups -OCH3 is 2. The lowest BCUT2D eigenvalue weighted by molar-refractivity contribution is 0.393. The Kier molecular flexibility index (Phi) is 9.28. The number of piperidine rings is 1. The van der Waals surface area contributed by atoms with Gasteiger partial charge < -0.3 is 25.0 Å². The quantitative estimate of drug-likeness (QED) is 0.338. The second kappa shape index (κ2) is 11.4. The van der Waals surface area contributed by atoms with Crippen molar-refractivity contribution in [2.45, 2.75) is 32.4 Å². The summed E-state index contributed by atoms with van der Waals surface area (Å²) in [5.74, 6) is 2.47. The van der Waals surface area contributed by atoms with Crippen LogP contribution in [0.1, 0.15) is 22.7 Å². The van der Waals surface area contributed by atoms with Crippen molar-refractivity contribution in [2.24, 2.45) is 4.99 Å². The Morgan fingerprint density at radius 2 is 1.86 bits per heavy atom. The van der Waals surface area contributed by atoms with E-state index in [4.69, 9.17) is 9.47 Å². The molecule has 1 saturated heterocycles. The van der Waals surface area contributed by atoms with Gasteiger partial charge in [-0.2, -0.15) is 0 Å². The van der Waals surface area contributed by atoms with Crippen LogP contribution in [0.5, 0.6) is 11.5 Å². The first kappa shape index (κ1) is 23.5. The van der Waals surface area contributed by atoms with Gasteiger partial charge in [-0.25, -0.2) is 4.98 Å². The second-order valence-electron chi connectivity index (χ2n) is 6.75. The summed E-state index contributed by atoms with van der Waals surface area (Å²) in [4.78, 5) is 12.2. The van der Waals surface area contributed by atoms with E-state index < -0.39 is 0 Å². The van der Waals surface area contributed by atoms with E-state index in [1.807, 2.05) is 26.2 Å². The third kappa shape index (κ3) is 6.63. The predicted molar refractivity (Wildman–Crippen MR) is 130 cm³/mol. The topological polar surface area (TPSA) is 71.0 Å². The van der Waals surface area contributed by atoms with E-state index in [1.165, 1.54) is 4.88 Å². The fourth-order valence-corrected chi connectivity index (χ4v) is 4.04. The number of hydrogen-bond acceptors (Lipinski definition) is 6. The van der Waals surface area contributed by atoms with Crippen LogP contribution in [0.15, 0.2) is 29.4 Å². The maximum absolute atomic E-state index is 5.39. The minimum atomic E-state index is 0. The van der Waals surface area contributed by atoms with Crippen molar-refractivity contribution in [1.82, 2.24) is 15.6 Å². The van der Waals surface area contributed by atoms with Crippen molar-refractivity contribution < 1.29 is 9.47 Å². The van der Waals surface area contributed by atoms with Crippen molar-refractivity contribution in [2.75, 3.05) is 39.3 Å². The van der Waals surface area contributed by atoms with Gasteiger partial charge in [-0.15, -0.1) is 35.3 Å². The molecule has 1 fully saturated rings. The Labute approximate surface area is 193 Å². The van der Waals surface area contributed by atoms with Gasteiger partial charge in [0.25, 0.3) is 0 Å². The fourth-order valence-electron chi connectivity index (χ4n) is 3.30. The number of halogens is 1. The number of rotatable bonds is 6. The molecule has 7 nitrogen and oxygen atoms in total. The van der Waals surface area contributed by atoms with E-state index in [0.29, 0.717) is 6.04 Å². The van der Waals surface area contributed by atoms with Crippen LogP contribution in [0.25, 0.3) is 0 Å². The maximum Gasteiger partial charge on any atom is 0.191 e. The molecule has 29 heavy (non-hydrogen) atoms. The minimum Gasteiger partial charge on any atom is -0.497 e. The Morgan fingerprint density at radius 3 is 2.38 bits per heavy atom. The summed E-state index contributed by atoms with van der Waals surface area (Å²) in [6.07, 6.45) is 4.00. The van der Waals surface area contributed by atoms with Crippen LogP contribution in [-0.2, 0) is 6.54 Å². The summed E-state index contributed by atoms with van der Waals surface area (Å²) in [5.41, 5.74) is 1.14. The summed E-state index contributed by atoms with van der Waals surface area (Å²) in [6, 6.07) is 6.43. The molecule has 0 amide bonds. The van der Waals surface area contributed by atoms with Gasteiger partial charge in [-0.05, 0) is 19.8 Å². The van der Waals surface area contributed by atoms with E-state index in [9.17, 15) is 0 Å². The largest absolute Gasteiger partial charge is 0.497 e. The van der Waals surface area contributed by atoms with Gasteiger partial charge in [0.15, 0.2) is 5.96 Å². The first-order valence-corrected chi connectivity index (χ1v) is 10.3. The van der Waals surface area contributed by atoms with Crippen molar-refractivity contribution in [3.8, 4) is 11.5 Å². The zero-order valence-corrected chi connectivity index (χ0v) is 20.5. The number of nitrogens with one attached hydrogen (secondary N) is 2. The third-order valence-corrected chi connectivity index (χ3v) is 5.77. The second-order valence-corrected chi connectivity index (χ2v) is 8.07. The molecule has 0 unspecified atom stereocenters. The monoisotopic (exact) mass is 531 g/mol. The number of aliphatic imine (C=N–C) groups is 1. The summed E-state index contributed by atoms with van der Waals surface area (Å²) in [7, 11) is 5.17. The van der Waals surface area contributed by atoms with Gasteiger partial charge in [-0.1, -0.05) is 0 Å². The van der Waals surface area contributed by atoms with Crippen LogP contribution < -0.4 is 25.0 Å². The number of benzene rings is 1. The molecule has 1 aliphatic heterocycles. The number of ether oxygens (including phenoxy) is 2. The van der Waals surface area contributed by atoms with Crippen LogP contribution in [0.3, 0.4) is 0 Å². The minimum absolute atomic E-state index is 0. The molecule has 9 heteroatoms. The van der Waals surface area contributed by atoms with E-state index >= 15 is 0 Å². The van der Waals surface area contributed by atoms with Gasteiger partial charge >= 0.3 is 0 Å². The van der Waals surface area contributed by atoms with E-state index in [1.54, 1.807) is 25.6 Å². The lowest BCUT2D eigenvalue weighted by Crippen LogP contribution is -2.48. The molecule has 160 valence electrons. The van der Waals surface area contributed by atoms with E-state index in [2.05, 4.69) is 37.6 Å². The number of aryl methyl sites for hydroxylation is 1. The highest BCUT2D eigenvalue weighted by Crippen LogP contribution is 2.30. The van der Waals surface area contributed by atoms with E-state index in [0.717, 1.165) is 60.6 Å². The van der Waals surface area contributed by atoms with Gasteiger partial charge in [0.2, 0.25) is 0 Å². The summed E-state index contributed by atoms with van der Waals surface area (Å²) < 4.78 is 10.8.